The topological polar surface area (TPSA) is 97.3 Å². The van der Waals surface area contributed by atoms with Crippen LogP contribution in [0, 0.1) is 0 Å². The molecule has 0 atom stereocenters. The van der Waals surface area contributed by atoms with E-state index in [-0.39, 0.29) is 6.04 Å². The van der Waals surface area contributed by atoms with Gasteiger partial charge < -0.3 is 9.88 Å². The molecule has 2 aliphatic carbocycles. The number of carbonyl (C=O) groups is 1. The van der Waals surface area contributed by atoms with Gasteiger partial charge in [0.25, 0.3) is 15.6 Å². The lowest BCUT2D eigenvalue weighted by atomic mass is 9.99. The van der Waals surface area contributed by atoms with Crippen molar-refractivity contribution in [1.82, 2.24) is 9.29 Å². The van der Waals surface area contributed by atoms with Crippen molar-refractivity contribution in [1.29, 1.82) is 0 Å². The SMILES string of the molecule is CC(C)n1cccc(S(=O)(=O)NC(=O)Nc2c3c(cc4c2CCC4)CCC3)c1=O. The molecule has 7 nitrogen and oxygen atoms in total. The highest BCUT2D eigenvalue weighted by atomic mass is 32.2. The van der Waals surface area contributed by atoms with Gasteiger partial charge in [-0.05, 0) is 86.8 Å². The van der Waals surface area contributed by atoms with Crippen molar-refractivity contribution in [3.63, 3.8) is 0 Å². The first-order chi connectivity index (χ1) is 13.8. The molecule has 2 aliphatic rings. The molecule has 0 unspecified atom stereocenters. The van der Waals surface area contributed by atoms with Crippen molar-refractivity contribution < 1.29 is 13.2 Å². The Kier molecular flexibility index (Phi) is 4.98. The van der Waals surface area contributed by atoms with E-state index in [1.807, 2.05) is 4.72 Å². The summed E-state index contributed by atoms with van der Waals surface area (Å²) in [6, 6.07) is 3.92. The van der Waals surface area contributed by atoms with Gasteiger partial charge in [-0.15, -0.1) is 0 Å². The summed E-state index contributed by atoms with van der Waals surface area (Å²) in [7, 11) is -4.29. The van der Waals surface area contributed by atoms with Gasteiger partial charge in [-0.3, -0.25) is 4.79 Å². The third-order valence-corrected chi connectivity index (χ3v) is 7.07. The van der Waals surface area contributed by atoms with Gasteiger partial charge in [0.15, 0.2) is 4.90 Å². The molecule has 2 aromatic rings. The molecule has 8 heteroatoms. The predicted octanol–water partition coefficient (Wildman–Crippen LogP) is 2.92. The molecule has 0 spiro atoms. The van der Waals surface area contributed by atoms with Crippen LogP contribution in [0.2, 0.25) is 0 Å². The minimum absolute atomic E-state index is 0.194. The van der Waals surface area contributed by atoms with Gasteiger partial charge in [0.2, 0.25) is 0 Å². The summed E-state index contributed by atoms with van der Waals surface area (Å²) in [4.78, 5) is 24.7. The number of carbonyl (C=O) groups excluding carboxylic acids is 1. The Balaban J connectivity index is 1.62. The van der Waals surface area contributed by atoms with Crippen LogP contribution in [0.5, 0.6) is 0 Å². The van der Waals surface area contributed by atoms with Crippen LogP contribution in [-0.2, 0) is 35.7 Å². The van der Waals surface area contributed by atoms with Gasteiger partial charge in [-0.1, -0.05) is 6.07 Å². The summed E-state index contributed by atoms with van der Waals surface area (Å²) >= 11 is 0. The Morgan fingerprint density at radius 3 is 2.28 bits per heavy atom. The van der Waals surface area contributed by atoms with Crippen molar-refractivity contribution >= 4 is 21.7 Å². The molecule has 4 rings (SSSR count). The second-order valence-electron chi connectivity index (χ2n) is 7.97. The van der Waals surface area contributed by atoms with Crippen LogP contribution < -0.4 is 15.6 Å². The predicted molar refractivity (Wildman–Crippen MR) is 111 cm³/mol. The summed E-state index contributed by atoms with van der Waals surface area (Å²) in [5.41, 5.74) is 4.82. The van der Waals surface area contributed by atoms with E-state index in [1.165, 1.54) is 34.0 Å². The molecule has 0 aliphatic heterocycles. The summed E-state index contributed by atoms with van der Waals surface area (Å²) in [5, 5.41) is 2.79. The average molecular weight is 416 g/mol. The molecule has 1 heterocycles. The number of rotatable bonds is 4. The molecule has 0 fully saturated rings. The third-order valence-electron chi connectivity index (χ3n) is 5.72. The van der Waals surface area contributed by atoms with Gasteiger partial charge in [-0.2, -0.15) is 0 Å². The van der Waals surface area contributed by atoms with Crippen LogP contribution >= 0.6 is 0 Å². The lowest BCUT2D eigenvalue weighted by Gasteiger charge is -2.17. The fourth-order valence-corrected chi connectivity index (χ4v) is 5.38. The van der Waals surface area contributed by atoms with Crippen molar-refractivity contribution in [2.75, 3.05) is 5.32 Å². The maximum atomic E-state index is 12.7. The van der Waals surface area contributed by atoms with Gasteiger partial charge in [0.05, 0.1) is 0 Å². The van der Waals surface area contributed by atoms with E-state index in [9.17, 15) is 18.0 Å². The zero-order valence-electron chi connectivity index (χ0n) is 16.6. The molecule has 29 heavy (non-hydrogen) atoms. The highest BCUT2D eigenvalue weighted by Crippen LogP contribution is 2.38. The fraction of sp³-hybridized carbons (Fsp3) is 0.429. The van der Waals surface area contributed by atoms with Gasteiger partial charge in [-0.25, -0.2) is 17.9 Å². The Bertz CT molecular complexity index is 1120. The van der Waals surface area contributed by atoms with Crippen LogP contribution in [0.4, 0.5) is 10.5 Å². The Labute approximate surface area is 170 Å². The van der Waals surface area contributed by atoms with Crippen molar-refractivity contribution in [3.8, 4) is 0 Å². The molecule has 1 aromatic heterocycles. The lowest BCUT2D eigenvalue weighted by Crippen LogP contribution is -2.38. The number of hydrogen-bond donors (Lipinski definition) is 2. The second-order valence-corrected chi connectivity index (χ2v) is 9.62. The number of nitrogens with one attached hydrogen (secondary N) is 2. The first-order valence-corrected chi connectivity index (χ1v) is 11.5. The van der Waals surface area contributed by atoms with E-state index in [4.69, 9.17) is 0 Å². The van der Waals surface area contributed by atoms with Gasteiger partial charge in [0, 0.05) is 17.9 Å². The van der Waals surface area contributed by atoms with E-state index >= 15 is 0 Å². The number of aryl methyl sites for hydroxylation is 2. The zero-order valence-corrected chi connectivity index (χ0v) is 17.4. The number of sulfonamides is 1. The molecule has 0 saturated carbocycles. The van der Waals surface area contributed by atoms with Crippen molar-refractivity contribution in [2.45, 2.75) is 63.3 Å². The van der Waals surface area contributed by atoms with E-state index < -0.39 is 26.5 Å². The second kappa shape index (κ2) is 7.33. The first-order valence-electron chi connectivity index (χ1n) is 9.99. The molecule has 2 amide bonds. The van der Waals surface area contributed by atoms with Gasteiger partial charge in [0.1, 0.15) is 0 Å². The average Bonchev–Trinajstić information content (AvgIpc) is 3.29. The number of hydrogen-bond acceptors (Lipinski definition) is 4. The molecule has 2 N–H and O–H groups in total. The number of pyridine rings is 1. The molecular weight excluding hydrogens is 390 g/mol. The number of nitrogens with zero attached hydrogens (tertiary/aromatic N) is 1. The molecule has 154 valence electrons. The quantitative estimate of drug-likeness (QED) is 0.802. The minimum atomic E-state index is -4.29. The van der Waals surface area contributed by atoms with Crippen LogP contribution in [0.3, 0.4) is 0 Å². The number of anilines is 1. The summed E-state index contributed by atoms with van der Waals surface area (Å²) < 4.78 is 28.8. The van der Waals surface area contributed by atoms with Crippen molar-refractivity contribution in [3.05, 3.63) is 57.0 Å². The van der Waals surface area contributed by atoms with Crippen LogP contribution in [0.25, 0.3) is 0 Å². The number of amides is 2. The highest BCUT2D eigenvalue weighted by Gasteiger charge is 2.27. The molecule has 1 aromatic carbocycles. The summed E-state index contributed by atoms with van der Waals surface area (Å²) in [6.45, 7) is 3.57. The summed E-state index contributed by atoms with van der Waals surface area (Å²) in [6.07, 6.45) is 7.32. The number of fused-ring (bicyclic) bond motifs is 2. The molecule has 0 radical (unpaired) electrons. The number of benzene rings is 1. The smallest absolute Gasteiger partial charge is 0.312 e. The number of urea groups is 1. The normalized spacial score (nSPS) is 15.3. The van der Waals surface area contributed by atoms with E-state index in [0.717, 1.165) is 55.3 Å². The van der Waals surface area contributed by atoms with E-state index in [1.54, 1.807) is 13.8 Å². The van der Waals surface area contributed by atoms with Crippen LogP contribution in [0.1, 0.15) is 55.0 Å². The van der Waals surface area contributed by atoms with Crippen molar-refractivity contribution in [2.24, 2.45) is 0 Å². The largest absolute Gasteiger partial charge is 0.333 e. The van der Waals surface area contributed by atoms with E-state index in [0.29, 0.717) is 0 Å². The van der Waals surface area contributed by atoms with Crippen LogP contribution in [0.15, 0.2) is 34.1 Å². The first kappa shape index (κ1) is 19.7. The third kappa shape index (κ3) is 3.57. The maximum absolute atomic E-state index is 12.7. The maximum Gasteiger partial charge on any atom is 0.333 e. The molecule has 0 bridgehead atoms. The zero-order chi connectivity index (χ0) is 20.8. The highest BCUT2D eigenvalue weighted by molar-refractivity contribution is 7.90. The van der Waals surface area contributed by atoms with Gasteiger partial charge >= 0.3 is 6.03 Å². The standard InChI is InChI=1S/C21H25N3O4S/c1-13(2)24-11-5-10-18(20(24)25)29(27,28)23-21(26)22-19-16-8-3-6-14(16)12-15-7-4-9-17(15)19/h5,10-13H,3-4,6-9H2,1-2H3,(H2,22,23,26). The monoisotopic (exact) mass is 415 g/mol. The molecular formula is C21H25N3O4S. The Morgan fingerprint density at radius 1 is 1.07 bits per heavy atom. The summed E-state index contributed by atoms with van der Waals surface area (Å²) in [5.74, 6) is 0. The van der Waals surface area contributed by atoms with E-state index in [2.05, 4.69) is 11.4 Å². The number of aromatic nitrogens is 1. The molecule has 0 saturated heterocycles. The van der Waals surface area contributed by atoms with Crippen LogP contribution in [-0.4, -0.2) is 19.0 Å². The Morgan fingerprint density at radius 2 is 1.69 bits per heavy atom. The fourth-order valence-electron chi connectivity index (χ4n) is 4.38. The minimum Gasteiger partial charge on any atom is -0.312 e. The lowest BCUT2D eigenvalue weighted by molar-refractivity contribution is 0.256. The Hall–Kier alpha value is -2.61.